The van der Waals surface area contributed by atoms with Crippen molar-refractivity contribution in [2.45, 2.75) is 13.8 Å². The van der Waals surface area contributed by atoms with Crippen LogP contribution in [0.2, 0.25) is 0 Å². The van der Waals surface area contributed by atoms with E-state index in [1.807, 2.05) is 32.0 Å². The van der Waals surface area contributed by atoms with Gasteiger partial charge in [0.05, 0.1) is 6.61 Å². The molecule has 5 heteroatoms. The fourth-order valence-electron chi connectivity index (χ4n) is 2.91. The standard InChI is InChI=1S/C21H22N2O3/c1-13-8-9-15(12-14(13)2)23-19-18(22-10-11-26-3)20(24)16-6-4-5-7-17(16)21(19)25/h4-9,12,22-23H,10-11H2,1-3H3. The summed E-state index contributed by atoms with van der Waals surface area (Å²) in [6.45, 7) is 4.91. The highest BCUT2D eigenvalue weighted by Gasteiger charge is 2.32. The number of benzene rings is 2. The SMILES string of the molecule is COCCNC1=C(Nc2ccc(C)c(C)c2)C(=O)c2ccccc2C1=O. The van der Waals surface area contributed by atoms with Crippen LogP contribution >= 0.6 is 0 Å². The molecule has 2 aromatic carbocycles. The van der Waals surface area contributed by atoms with Gasteiger partial charge in [0, 0.05) is 30.5 Å². The number of methoxy groups -OCH3 is 1. The number of carbonyl (C=O) groups is 2. The lowest BCUT2D eigenvalue weighted by Crippen LogP contribution is -2.34. The van der Waals surface area contributed by atoms with Crippen molar-refractivity contribution in [2.24, 2.45) is 0 Å². The van der Waals surface area contributed by atoms with E-state index in [9.17, 15) is 9.59 Å². The summed E-state index contributed by atoms with van der Waals surface area (Å²) in [6, 6.07) is 12.7. The van der Waals surface area contributed by atoms with Gasteiger partial charge in [-0.3, -0.25) is 9.59 Å². The number of hydrogen-bond donors (Lipinski definition) is 2. The Balaban J connectivity index is 2.02. The highest BCUT2D eigenvalue weighted by Crippen LogP contribution is 2.27. The number of allylic oxidation sites excluding steroid dienone is 2. The third-order valence-corrected chi connectivity index (χ3v) is 4.50. The average Bonchev–Trinajstić information content (AvgIpc) is 2.65. The van der Waals surface area contributed by atoms with Crippen LogP contribution in [0.4, 0.5) is 5.69 Å². The Morgan fingerprint density at radius 3 is 2.15 bits per heavy atom. The Morgan fingerprint density at radius 2 is 1.54 bits per heavy atom. The summed E-state index contributed by atoms with van der Waals surface area (Å²) in [5.74, 6) is -0.388. The number of hydrogen-bond acceptors (Lipinski definition) is 5. The Morgan fingerprint density at radius 1 is 0.885 bits per heavy atom. The number of Topliss-reactive ketones (excluding diaryl/α,β-unsaturated/α-hetero) is 2. The van der Waals surface area contributed by atoms with Crippen LogP contribution in [-0.4, -0.2) is 31.8 Å². The molecule has 0 spiro atoms. The molecule has 5 nitrogen and oxygen atoms in total. The number of anilines is 1. The molecule has 0 bridgehead atoms. The summed E-state index contributed by atoms with van der Waals surface area (Å²) in [4.78, 5) is 25.9. The fourth-order valence-corrected chi connectivity index (χ4v) is 2.91. The quantitative estimate of drug-likeness (QED) is 0.783. The molecule has 2 N–H and O–H groups in total. The summed E-state index contributed by atoms with van der Waals surface area (Å²) >= 11 is 0. The highest BCUT2D eigenvalue weighted by atomic mass is 16.5. The fraction of sp³-hybridized carbons (Fsp3) is 0.238. The summed E-state index contributed by atoms with van der Waals surface area (Å²) in [6.07, 6.45) is 0. The smallest absolute Gasteiger partial charge is 0.212 e. The second-order valence-corrected chi connectivity index (χ2v) is 6.30. The number of carbonyl (C=O) groups excluding carboxylic acids is 2. The third kappa shape index (κ3) is 3.39. The van der Waals surface area contributed by atoms with Crippen LogP contribution in [0.15, 0.2) is 53.9 Å². The zero-order valence-electron chi connectivity index (χ0n) is 15.2. The molecule has 2 aromatic rings. The van der Waals surface area contributed by atoms with Crippen LogP contribution in [0.5, 0.6) is 0 Å². The molecule has 1 aliphatic carbocycles. The molecule has 0 radical (unpaired) electrons. The van der Waals surface area contributed by atoms with Crippen LogP contribution in [-0.2, 0) is 4.74 Å². The van der Waals surface area contributed by atoms with E-state index < -0.39 is 0 Å². The van der Waals surface area contributed by atoms with E-state index in [1.165, 1.54) is 5.56 Å². The maximum absolute atomic E-state index is 13.0. The topological polar surface area (TPSA) is 67.4 Å². The molecule has 0 amide bonds. The van der Waals surface area contributed by atoms with Crippen LogP contribution in [0.1, 0.15) is 31.8 Å². The van der Waals surface area contributed by atoms with Gasteiger partial charge in [-0.15, -0.1) is 0 Å². The number of fused-ring (bicyclic) bond motifs is 1. The van der Waals surface area contributed by atoms with Crippen molar-refractivity contribution >= 4 is 17.3 Å². The molecule has 0 heterocycles. The number of ketones is 2. The average molecular weight is 350 g/mol. The second-order valence-electron chi connectivity index (χ2n) is 6.30. The first-order chi connectivity index (χ1) is 12.5. The molecule has 0 saturated heterocycles. The van der Waals surface area contributed by atoms with E-state index >= 15 is 0 Å². The van der Waals surface area contributed by atoms with Gasteiger partial charge in [0.25, 0.3) is 0 Å². The first-order valence-electron chi connectivity index (χ1n) is 8.52. The zero-order chi connectivity index (χ0) is 18.7. The van der Waals surface area contributed by atoms with E-state index in [0.717, 1.165) is 11.3 Å². The molecule has 0 unspecified atom stereocenters. The van der Waals surface area contributed by atoms with Crippen molar-refractivity contribution in [2.75, 3.05) is 25.6 Å². The molecular formula is C21H22N2O3. The Labute approximate surface area is 153 Å². The first-order valence-corrected chi connectivity index (χ1v) is 8.52. The van der Waals surface area contributed by atoms with Gasteiger partial charge < -0.3 is 15.4 Å². The van der Waals surface area contributed by atoms with Crippen LogP contribution in [0.25, 0.3) is 0 Å². The summed E-state index contributed by atoms with van der Waals surface area (Å²) in [5, 5.41) is 6.21. The lowest BCUT2D eigenvalue weighted by molar-refractivity contribution is 0.0968. The monoisotopic (exact) mass is 350 g/mol. The van der Waals surface area contributed by atoms with Gasteiger partial charge in [-0.1, -0.05) is 30.3 Å². The number of nitrogens with one attached hydrogen (secondary N) is 2. The summed E-state index contributed by atoms with van der Waals surface area (Å²) in [5.41, 5.74) is 4.44. The number of ether oxygens (including phenoxy) is 1. The maximum atomic E-state index is 13.0. The van der Waals surface area contributed by atoms with E-state index in [1.54, 1.807) is 31.4 Å². The molecule has 3 rings (SSSR count). The largest absolute Gasteiger partial charge is 0.383 e. The highest BCUT2D eigenvalue weighted by molar-refractivity contribution is 6.27. The van der Waals surface area contributed by atoms with E-state index in [0.29, 0.717) is 24.3 Å². The van der Waals surface area contributed by atoms with Crippen molar-refractivity contribution in [1.29, 1.82) is 0 Å². The molecule has 0 aliphatic heterocycles. The van der Waals surface area contributed by atoms with Crippen molar-refractivity contribution in [3.8, 4) is 0 Å². The van der Waals surface area contributed by atoms with Gasteiger partial charge in [0.1, 0.15) is 11.4 Å². The predicted octanol–water partition coefficient (Wildman–Crippen LogP) is 3.24. The van der Waals surface area contributed by atoms with E-state index in [-0.39, 0.29) is 23.0 Å². The van der Waals surface area contributed by atoms with Gasteiger partial charge >= 0.3 is 0 Å². The number of rotatable bonds is 6. The van der Waals surface area contributed by atoms with Crippen LogP contribution < -0.4 is 10.6 Å². The van der Waals surface area contributed by atoms with Gasteiger partial charge in [0.2, 0.25) is 11.6 Å². The van der Waals surface area contributed by atoms with Crippen molar-refractivity contribution < 1.29 is 14.3 Å². The molecule has 26 heavy (non-hydrogen) atoms. The molecule has 0 saturated carbocycles. The van der Waals surface area contributed by atoms with Crippen molar-refractivity contribution in [1.82, 2.24) is 5.32 Å². The van der Waals surface area contributed by atoms with Gasteiger partial charge in [-0.25, -0.2) is 0 Å². The zero-order valence-corrected chi connectivity index (χ0v) is 15.2. The van der Waals surface area contributed by atoms with Gasteiger partial charge in [-0.05, 0) is 37.1 Å². The van der Waals surface area contributed by atoms with Crippen LogP contribution in [0, 0.1) is 13.8 Å². The second kappa shape index (κ2) is 7.54. The van der Waals surface area contributed by atoms with Gasteiger partial charge in [-0.2, -0.15) is 0 Å². The van der Waals surface area contributed by atoms with E-state index in [2.05, 4.69) is 10.6 Å². The third-order valence-electron chi connectivity index (χ3n) is 4.50. The lowest BCUT2D eigenvalue weighted by Gasteiger charge is -2.23. The Kier molecular flexibility index (Phi) is 5.19. The molecule has 0 atom stereocenters. The van der Waals surface area contributed by atoms with Crippen molar-refractivity contribution in [3.63, 3.8) is 0 Å². The molecule has 0 fully saturated rings. The van der Waals surface area contributed by atoms with Gasteiger partial charge in [0.15, 0.2) is 0 Å². The normalized spacial score (nSPS) is 13.7. The summed E-state index contributed by atoms with van der Waals surface area (Å²) < 4.78 is 5.05. The molecule has 134 valence electrons. The molecule has 1 aliphatic rings. The minimum Gasteiger partial charge on any atom is -0.383 e. The maximum Gasteiger partial charge on any atom is 0.212 e. The Hall–Kier alpha value is -2.92. The minimum absolute atomic E-state index is 0.192. The predicted molar refractivity (Wildman–Crippen MR) is 102 cm³/mol. The molecular weight excluding hydrogens is 328 g/mol. The first kappa shape index (κ1) is 17.9. The number of aryl methyl sites for hydroxylation is 2. The van der Waals surface area contributed by atoms with Crippen LogP contribution in [0.3, 0.4) is 0 Å². The Bertz CT molecular complexity index is 900. The minimum atomic E-state index is -0.196. The lowest BCUT2D eigenvalue weighted by atomic mass is 9.90. The van der Waals surface area contributed by atoms with E-state index in [4.69, 9.17) is 4.74 Å². The molecule has 0 aromatic heterocycles. The summed E-state index contributed by atoms with van der Waals surface area (Å²) in [7, 11) is 1.59. The van der Waals surface area contributed by atoms with Crippen molar-refractivity contribution in [3.05, 3.63) is 76.1 Å².